The van der Waals surface area contributed by atoms with E-state index in [-0.39, 0.29) is 5.56 Å². The average Bonchev–Trinajstić information content (AvgIpc) is 2.63. The summed E-state index contributed by atoms with van der Waals surface area (Å²) in [7, 11) is 0. The first-order valence-corrected chi connectivity index (χ1v) is 7.75. The van der Waals surface area contributed by atoms with Gasteiger partial charge in [-0.25, -0.2) is 9.59 Å². The first-order chi connectivity index (χ1) is 12.0. The number of carbonyl (C=O) groups is 2. The Balaban J connectivity index is 1.72. The van der Waals surface area contributed by atoms with Gasteiger partial charge in [0.25, 0.3) is 0 Å². The summed E-state index contributed by atoms with van der Waals surface area (Å²) >= 11 is 0. The van der Waals surface area contributed by atoms with Gasteiger partial charge in [-0.2, -0.15) is 0 Å². The van der Waals surface area contributed by atoms with Gasteiger partial charge < -0.3 is 9.84 Å². The van der Waals surface area contributed by atoms with Crippen LogP contribution in [0.2, 0.25) is 0 Å². The summed E-state index contributed by atoms with van der Waals surface area (Å²) in [4.78, 5) is 23.0. The number of aryl methyl sites for hydroxylation is 1. The number of carboxylic acids is 1. The van der Waals surface area contributed by atoms with E-state index in [2.05, 4.69) is 0 Å². The van der Waals surface area contributed by atoms with Crippen LogP contribution in [-0.2, 0) is 0 Å². The lowest BCUT2D eigenvalue weighted by Gasteiger charge is -2.07. The van der Waals surface area contributed by atoms with Crippen LogP contribution in [0.4, 0.5) is 0 Å². The maximum absolute atomic E-state index is 12.1. The predicted octanol–water partition coefficient (Wildman–Crippen LogP) is 4.58. The van der Waals surface area contributed by atoms with Gasteiger partial charge in [-0.15, -0.1) is 0 Å². The lowest BCUT2D eigenvalue weighted by Crippen LogP contribution is -2.08. The van der Waals surface area contributed by atoms with Crippen LogP contribution < -0.4 is 4.74 Å². The highest BCUT2D eigenvalue weighted by molar-refractivity contribution is 5.91. The van der Waals surface area contributed by atoms with Gasteiger partial charge in [-0.3, -0.25) is 0 Å². The molecule has 0 amide bonds. The molecule has 0 aliphatic carbocycles. The highest BCUT2D eigenvalue weighted by Gasteiger charge is 2.09. The van der Waals surface area contributed by atoms with E-state index in [0.717, 1.165) is 16.7 Å². The molecule has 0 atom stereocenters. The van der Waals surface area contributed by atoms with E-state index in [1.165, 1.54) is 0 Å². The van der Waals surface area contributed by atoms with Crippen LogP contribution in [0.15, 0.2) is 72.8 Å². The van der Waals surface area contributed by atoms with Crippen molar-refractivity contribution in [2.75, 3.05) is 0 Å². The van der Waals surface area contributed by atoms with Gasteiger partial charge in [0.1, 0.15) is 5.75 Å². The minimum atomic E-state index is -0.954. The molecule has 0 saturated carbocycles. The molecule has 0 heterocycles. The molecule has 1 N–H and O–H groups in total. The second-order valence-corrected chi connectivity index (χ2v) is 5.66. The summed E-state index contributed by atoms with van der Waals surface area (Å²) in [6.07, 6.45) is 0. The molecule has 25 heavy (non-hydrogen) atoms. The van der Waals surface area contributed by atoms with Crippen molar-refractivity contribution in [1.29, 1.82) is 0 Å². The first-order valence-electron chi connectivity index (χ1n) is 7.75. The number of carbonyl (C=O) groups excluding carboxylic acids is 1. The molecule has 0 unspecified atom stereocenters. The van der Waals surface area contributed by atoms with Gasteiger partial charge in [0.15, 0.2) is 0 Å². The van der Waals surface area contributed by atoms with Crippen molar-refractivity contribution < 1.29 is 19.4 Å². The summed E-state index contributed by atoms with van der Waals surface area (Å²) in [6.45, 7) is 1.96. The number of hydrogen-bond donors (Lipinski definition) is 1. The van der Waals surface area contributed by atoms with E-state index < -0.39 is 11.9 Å². The third kappa shape index (κ3) is 3.93. The van der Waals surface area contributed by atoms with E-state index in [1.807, 2.05) is 31.2 Å². The van der Waals surface area contributed by atoms with Gasteiger partial charge in [0.05, 0.1) is 11.1 Å². The van der Waals surface area contributed by atoms with E-state index in [9.17, 15) is 9.59 Å². The fourth-order valence-electron chi connectivity index (χ4n) is 2.38. The molecule has 4 nitrogen and oxygen atoms in total. The highest BCUT2D eigenvalue weighted by Crippen LogP contribution is 2.23. The van der Waals surface area contributed by atoms with Crippen LogP contribution in [0.25, 0.3) is 11.1 Å². The van der Waals surface area contributed by atoms with Crippen molar-refractivity contribution in [3.05, 3.63) is 89.5 Å². The normalized spacial score (nSPS) is 10.3. The van der Waals surface area contributed by atoms with Crippen molar-refractivity contribution in [2.24, 2.45) is 0 Å². The van der Waals surface area contributed by atoms with E-state index in [0.29, 0.717) is 11.3 Å². The van der Waals surface area contributed by atoms with Crippen LogP contribution in [0, 0.1) is 6.92 Å². The Kier molecular flexibility index (Phi) is 4.61. The first kappa shape index (κ1) is 16.5. The Bertz CT molecular complexity index is 892. The smallest absolute Gasteiger partial charge is 0.343 e. The minimum Gasteiger partial charge on any atom is -0.478 e. The van der Waals surface area contributed by atoms with Gasteiger partial charge in [0.2, 0.25) is 0 Å². The van der Waals surface area contributed by atoms with E-state index in [4.69, 9.17) is 9.84 Å². The maximum atomic E-state index is 12.1. The summed E-state index contributed by atoms with van der Waals surface area (Å²) < 4.78 is 5.37. The topological polar surface area (TPSA) is 63.6 Å². The third-order valence-corrected chi connectivity index (χ3v) is 3.82. The third-order valence-electron chi connectivity index (χ3n) is 3.82. The highest BCUT2D eigenvalue weighted by atomic mass is 16.5. The number of aromatic carboxylic acids is 1. The molecule has 0 aliphatic heterocycles. The second kappa shape index (κ2) is 7.01. The van der Waals surface area contributed by atoms with Crippen LogP contribution in [0.1, 0.15) is 26.3 Å². The molecule has 0 bridgehead atoms. The molecule has 124 valence electrons. The van der Waals surface area contributed by atoms with Gasteiger partial charge in [-0.05, 0) is 54.4 Å². The van der Waals surface area contributed by atoms with Crippen molar-refractivity contribution in [2.45, 2.75) is 6.92 Å². The van der Waals surface area contributed by atoms with Gasteiger partial charge >= 0.3 is 11.9 Å². The Labute approximate surface area is 145 Å². The Morgan fingerprint density at radius 1 is 0.720 bits per heavy atom. The summed E-state index contributed by atoms with van der Waals surface area (Å²) in [6, 6.07) is 20.9. The lowest BCUT2D eigenvalue weighted by atomic mass is 10.0. The van der Waals surface area contributed by atoms with Crippen molar-refractivity contribution in [1.82, 2.24) is 0 Å². The summed E-state index contributed by atoms with van der Waals surface area (Å²) in [5.74, 6) is -0.903. The largest absolute Gasteiger partial charge is 0.478 e. The minimum absolute atomic E-state index is 0.243. The maximum Gasteiger partial charge on any atom is 0.343 e. The second-order valence-electron chi connectivity index (χ2n) is 5.66. The SMILES string of the molecule is Cc1ccc(C(=O)Oc2ccc(-c3ccc(C(=O)O)cc3)cc2)cc1. The Hall–Kier alpha value is -3.40. The van der Waals surface area contributed by atoms with Crippen molar-refractivity contribution in [3.63, 3.8) is 0 Å². The van der Waals surface area contributed by atoms with Crippen LogP contribution in [-0.4, -0.2) is 17.0 Å². The van der Waals surface area contributed by atoms with Crippen molar-refractivity contribution >= 4 is 11.9 Å². The molecule has 0 fully saturated rings. The van der Waals surface area contributed by atoms with Crippen LogP contribution in [0.3, 0.4) is 0 Å². The fourth-order valence-corrected chi connectivity index (χ4v) is 2.38. The quantitative estimate of drug-likeness (QED) is 0.561. The van der Waals surface area contributed by atoms with Gasteiger partial charge in [0, 0.05) is 0 Å². The zero-order valence-electron chi connectivity index (χ0n) is 13.6. The molecule has 0 radical (unpaired) electrons. The average molecular weight is 332 g/mol. The van der Waals surface area contributed by atoms with Crippen molar-refractivity contribution in [3.8, 4) is 16.9 Å². The van der Waals surface area contributed by atoms with Crippen LogP contribution >= 0.6 is 0 Å². The molecule has 3 aromatic carbocycles. The molecule has 0 saturated heterocycles. The molecule has 3 rings (SSSR count). The summed E-state index contributed by atoms with van der Waals surface area (Å²) in [5.41, 5.74) is 3.62. The van der Waals surface area contributed by atoms with E-state index >= 15 is 0 Å². The lowest BCUT2D eigenvalue weighted by molar-refractivity contribution is 0.0694. The number of benzene rings is 3. The Morgan fingerprint density at radius 2 is 1.20 bits per heavy atom. The predicted molar refractivity (Wildman–Crippen MR) is 95.0 cm³/mol. The molecule has 0 spiro atoms. The summed E-state index contributed by atoms with van der Waals surface area (Å²) in [5, 5.41) is 8.93. The number of esters is 1. The molecule has 4 heteroatoms. The Morgan fingerprint density at radius 3 is 1.72 bits per heavy atom. The zero-order chi connectivity index (χ0) is 17.8. The number of rotatable bonds is 4. The standard InChI is InChI=1S/C21H16O4/c1-14-2-4-18(5-3-14)21(24)25-19-12-10-16(11-13-19)15-6-8-17(9-7-15)20(22)23/h2-13H,1H3,(H,22,23). The van der Waals surface area contributed by atoms with Crippen LogP contribution in [0.5, 0.6) is 5.75 Å². The molecular formula is C21H16O4. The molecular weight excluding hydrogens is 316 g/mol. The number of carboxylic acid groups (broad SMARTS) is 1. The molecule has 3 aromatic rings. The number of ether oxygens (including phenoxy) is 1. The monoisotopic (exact) mass is 332 g/mol. The molecule has 0 aromatic heterocycles. The van der Waals surface area contributed by atoms with Gasteiger partial charge in [-0.1, -0.05) is 42.0 Å². The fraction of sp³-hybridized carbons (Fsp3) is 0.0476. The molecule has 0 aliphatic rings. The number of hydrogen-bond acceptors (Lipinski definition) is 3. The van der Waals surface area contributed by atoms with E-state index in [1.54, 1.807) is 48.5 Å². The zero-order valence-corrected chi connectivity index (χ0v) is 13.6.